The zero-order valence-electron chi connectivity index (χ0n) is 15.3. The maximum atomic E-state index is 12.4. The fraction of sp³-hybridized carbons (Fsp3) is 0.667. The van der Waals surface area contributed by atoms with Gasteiger partial charge in [0.1, 0.15) is 5.82 Å². The Bertz CT molecular complexity index is 601. The zero-order chi connectivity index (χ0) is 17.6. The molecule has 2 aliphatic rings. The maximum Gasteiger partial charge on any atom is 0.239 e. The van der Waals surface area contributed by atoms with Crippen molar-refractivity contribution in [3.05, 3.63) is 24.3 Å². The second-order valence-electron chi connectivity index (χ2n) is 7.00. The van der Waals surface area contributed by atoms with Crippen LogP contribution in [0.25, 0.3) is 0 Å². The summed E-state index contributed by atoms with van der Waals surface area (Å²) in [5.41, 5.74) is 0. The van der Waals surface area contributed by atoms with Crippen molar-refractivity contribution in [2.45, 2.75) is 45.2 Å². The Morgan fingerprint density at radius 2 is 2.08 bits per heavy atom. The first-order chi connectivity index (χ1) is 12.2. The van der Waals surface area contributed by atoms with Crippen molar-refractivity contribution in [2.75, 3.05) is 26.2 Å². The van der Waals surface area contributed by atoms with Crippen LogP contribution in [0.2, 0.25) is 0 Å². The summed E-state index contributed by atoms with van der Waals surface area (Å²) in [5, 5.41) is 3.16. The minimum atomic E-state index is -0.0424. The van der Waals surface area contributed by atoms with Crippen LogP contribution in [0, 0.1) is 5.92 Å². The first kappa shape index (κ1) is 20.6. The summed E-state index contributed by atoms with van der Waals surface area (Å²) in [4.78, 5) is 36.6. The van der Waals surface area contributed by atoms with Crippen LogP contribution in [0.1, 0.15) is 38.4 Å². The van der Waals surface area contributed by atoms with Crippen molar-refractivity contribution in [3.63, 3.8) is 0 Å². The topological polar surface area (TPSA) is 78.4 Å². The van der Waals surface area contributed by atoms with Gasteiger partial charge in [0.2, 0.25) is 11.8 Å². The largest absolute Gasteiger partial charge is 0.350 e. The fourth-order valence-electron chi connectivity index (χ4n) is 3.83. The van der Waals surface area contributed by atoms with Gasteiger partial charge in [0.05, 0.1) is 13.1 Å². The molecule has 0 aromatic carbocycles. The van der Waals surface area contributed by atoms with Gasteiger partial charge in [0.25, 0.3) is 0 Å². The van der Waals surface area contributed by atoms with Gasteiger partial charge in [-0.15, -0.1) is 12.4 Å². The lowest BCUT2D eigenvalue weighted by Crippen LogP contribution is -2.45. The molecule has 0 radical (unpaired) electrons. The molecule has 2 aliphatic heterocycles. The number of halogens is 1. The fourth-order valence-corrected chi connectivity index (χ4v) is 3.83. The Labute approximate surface area is 161 Å². The lowest BCUT2D eigenvalue weighted by molar-refractivity contribution is -0.133. The molecule has 8 heteroatoms. The number of hydrogen-bond acceptors (Lipinski definition) is 5. The molecule has 1 aromatic heterocycles. The minimum absolute atomic E-state index is 0. The molecule has 144 valence electrons. The van der Waals surface area contributed by atoms with E-state index in [1.807, 2.05) is 6.07 Å². The molecule has 2 amide bonds. The molecule has 2 atom stereocenters. The highest BCUT2D eigenvalue weighted by molar-refractivity contribution is 5.86. The number of rotatable bonds is 7. The third kappa shape index (κ3) is 5.38. The van der Waals surface area contributed by atoms with E-state index in [-0.39, 0.29) is 36.8 Å². The molecular weight excluding hydrogens is 354 g/mol. The number of nitrogens with one attached hydrogen (secondary N) is 1. The lowest BCUT2D eigenvalue weighted by atomic mass is 9.98. The normalized spacial score (nSPS) is 23.1. The van der Waals surface area contributed by atoms with E-state index in [9.17, 15) is 9.59 Å². The van der Waals surface area contributed by atoms with E-state index in [0.29, 0.717) is 25.4 Å². The van der Waals surface area contributed by atoms with Crippen molar-refractivity contribution in [1.29, 1.82) is 0 Å². The van der Waals surface area contributed by atoms with Gasteiger partial charge in [-0.1, -0.05) is 13.3 Å². The van der Waals surface area contributed by atoms with Crippen LogP contribution >= 0.6 is 12.4 Å². The van der Waals surface area contributed by atoms with E-state index < -0.39 is 0 Å². The van der Waals surface area contributed by atoms with Gasteiger partial charge in [-0.25, -0.2) is 9.97 Å². The number of nitrogens with zero attached hydrogens (tertiary/aromatic N) is 4. The Morgan fingerprint density at radius 1 is 1.31 bits per heavy atom. The number of carbonyl (C=O) groups is 2. The first-order valence-corrected chi connectivity index (χ1v) is 9.21. The number of carbonyl (C=O) groups excluding carboxylic acids is 2. The summed E-state index contributed by atoms with van der Waals surface area (Å²) >= 11 is 0. The van der Waals surface area contributed by atoms with Crippen molar-refractivity contribution >= 4 is 24.2 Å². The molecule has 0 unspecified atom stereocenters. The Balaban J connectivity index is 0.00000243. The monoisotopic (exact) mass is 381 g/mol. The summed E-state index contributed by atoms with van der Waals surface area (Å²) in [6.07, 6.45) is 7.12. The van der Waals surface area contributed by atoms with E-state index in [1.54, 1.807) is 17.3 Å². The van der Waals surface area contributed by atoms with Crippen LogP contribution in [0.3, 0.4) is 0 Å². The highest BCUT2D eigenvalue weighted by Crippen LogP contribution is 2.23. The Morgan fingerprint density at radius 3 is 2.73 bits per heavy atom. The summed E-state index contributed by atoms with van der Waals surface area (Å²) in [5.74, 6) is 1.30. The zero-order valence-corrected chi connectivity index (χ0v) is 16.1. The smallest absolute Gasteiger partial charge is 0.239 e. The molecule has 1 N–H and O–H groups in total. The summed E-state index contributed by atoms with van der Waals surface area (Å²) in [6, 6.07) is 1.95. The van der Waals surface area contributed by atoms with Crippen molar-refractivity contribution < 1.29 is 9.59 Å². The third-order valence-corrected chi connectivity index (χ3v) is 5.01. The molecule has 2 fully saturated rings. The molecule has 3 rings (SSSR count). The highest BCUT2D eigenvalue weighted by Gasteiger charge is 2.34. The van der Waals surface area contributed by atoms with Crippen LogP contribution in [0.15, 0.2) is 18.5 Å². The molecular formula is C18H28ClN5O2. The molecule has 3 heterocycles. The van der Waals surface area contributed by atoms with Gasteiger partial charge >= 0.3 is 0 Å². The van der Waals surface area contributed by atoms with Gasteiger partial charge in [-0.05, 0) is 24.8 Å². The Kier molecular flexibility index (Phi) is 7.78. The molecule has 26 heavy (non-hydrogen) atoms. The van der Waals surface area contributed by atoms with Crippen LogP contribution in [-0.2, 0) is 16.1 Å². The Hall–Kier alpha value is -1.73. The number of hydrogen-bond donors (Lipinski definition) is 1. The van der Waals surface area contributed by atoms with Crippen LogP contribution in [0.4, 0.5) is 0 Å². The van der Waals surface area contributed by atoms with Gasteiger partial charge in [0.15, 0.2) is 0 Å². The minimum Gasteiger partial charge on any atom is -0.350 e. The number of aromatic nitrogens is 2. The third-order valence-electron chi connectivity index (χ3n) is 5.01. The summed E-state index contributed by atoms with van der Waals surface area (Å²) in [6.45, 7) is 5.52. The molecule has 7 nitrogen and oxygen atoms in total. The van der Waals surface area contributed by atoms with E-state index in [2.05, 4.69) is 27.1 Å². The molecule has 0 spiro atoms. The van der Waals surface area contributed by atoms with Gasteiger partial charge in [-0.3, -0.25) is 14.5 Å². The second-order valence-corrected chi connectivity index (χ2v) is 7.00. The van der Waals surface area contributed by atoms with Crippen LogP contribution in [0.5, 0.6) is 0 Å². The molecule has 2 saturated heterocycles. The van der Waals surface area contributed by atoms with Crippen LogP contribution in [-0.4, -0.2) is 63.8 Å². The predicted molar refractivity (Wildman–Crippen MR) is 101 cm³/mol. The van der Waals surface area contributed by atoms with Crippen molar-refractivity contribution in [1.82, 2.24) is 25.1 Å². The summed E-state index contributed by atoms with van der Waals surface area (Å²) in [7, 11) is 0. The number of likely N-dealkylation sites (tertiary alicyclic amines) is 2. The van der Waals surface area contributed by atoms with Crippen molar-refractivity contribution in [3.8, 4) is 0 Å². The van der Waals surface area contributed by atoms with E-state index in [0.717, 1.165) is 38.2 Å². The second kappa shape index (κ2) is 9.83. The SMILES string of the molecule is CCC[C@H]1CN(Cc2ncccn2)C[C@@H]1NC(=O)CN1CCCC1=O.Cl. The van der Waals surface area contributed by atoms with Crippen LogP contribution < -0.4 is 5.32 Å². The van der Waals surface area contributed by atoms with Gasteiger partial charge in [0, 0.05) is 44.5 Å². The average Bonchev–Trinajstić information content (AvgIpc) is 3.15. The highest BCUT2D eigenvalue weighted by atomic mass is 35.5. The molecule has 0 bridgehead atoms. The average molecular weight is 382 g/mol. The maximum absolute atomic E-state index is 12.4. The molecule has 1 aromatic rings. The van der Waals surface area contributed by atoms with E-state index in [1.165, 1.54) is 0 Å². The molecule has 0 saturated carbocycles. The predicted octanol–water partition coefficient (Wildman–Crippen LogP) is 1.24. The van der Waals surface area contributed by atoms with Gasteiger partial charge in [-0.2, -0.15) is 0 Å². The standard InChI is InChI=1S/C18H27N5O2.ClH/c1-2-5-14-10-22(12-16-19-7-4-8-20-16)11-15(14)21-17(24)13-23-9-3-6-18(23)25;/h4,7-8,14-15H,2-3,5-6,9-13H2,1H3,(H,21,24);1H/t14-,15-;/m0./s1. The van der Waals surface area contributed by atoms with Gasteiger partial charge < -0.3 is 10.2 Å². The van der Waals surface area contributed by atoms with E-state index in [4.69, 9.17) is 0 Å². The molecule has 0 aliphatic carbocycles. The van der Waals surface area contributed by atoms with Crippen molar-refractivity contribution in [2.24, 2.45) is 5.92 Å². The lowest BCUT2D eigenvalue weighted by Gasteiger charge is -2.21. The number of amides is 2. The van der Waals surface area contributed by atoms with E-state index >= 15 is 0 Å². The quantitative estimate of drug-likeness (QED) is 0.768. The first-order valence-electron chi connectivity index (χ1n) is 9.21. The summed E-state index contributed by atoms with van der Waals surface area (Å²) < 4.78 is 0.